The monoisotopic (exact) mass is 501 g/mol. The Bertz CT molecular complexity index is 1250. The maximum Gasteiger partial charge on any atom is 0.416 e. The molecule has 1 saturated carbocycles. The number of benzene rings is 3. The lowest BCUT2D eigenvalue weighted by Gasteiger charge is -2.22. The fraction of sp³-hybridized carbons (Fsp3) is 0.333. The van der Waals surface area contributed by atoms with Crippen molar-refractivity contribution in [1.82, 2.24) is 5.32 Å². The van der Waals surface area contributed by atoms with E-state index in [0.29, 0.717) is 21.9 Å². The highest BCUT2D eigenvalue weighted by molar-refractivity contribution is 6.05. The predicted octanol–water partition coefficient (Wildman–Crippen LogP) is 5.30. The minimum absolute atomic E-state index is 0.107. The van der Waals surface area contributed by atoms with Gasteiger partial charge in [-0.25, -0.2) is 4.79 Å². The van der Waals surface area contributed by atoms with Gasteiger partial charge in [0.25, 0.3) is 5.91 Å². The molecule has 0 spiro atoms. The maximum atomic E-state index is 13.3. The van der Waals surface area contributed by atoms with Gasteiger partial charge in [0.1, 0.15) is 18.4 Å². The van der Waals surface area contributed by atoms with Crippen molar-refractivity contribution >= 4 is 22.6 Å². The lowest BCUT2D eigenvalue weighted by atomic mass is 9.97. The van der Waals surface area contributed by atoms with Crippen molar-refractivity contribution in [3.63, 3.8) is 0 Å². The number of hydrogen-bond donors (Lipinski definition) is 3. The number of aliphatic hydroxyl groups is 1. The Morgan fingerprint density at radius 2 is 1.67 bits per heavy atom. The van der Waals surface area contributed by atoms with Crippen LogP contribution in [-0.2, 0) is 24.2 Å². The smallest absolute Gasteiger partial charge is 0.416 e. The van der Waals surface area contributed by atoms with Gasteiger partial charge >= 0.3 is 12.1 Å². The molecular formula is C27H26F3NO5. The van der Waals surface area contributed by atoms with Crippen LogP contribution in [0.5, 0.6) is 5.75 Å². The van der Waals surface area contributed by atoms with Crippen molar-refractivity contribution in [3.05, 3.63) is 76.9 Å². The van der Waals surface area contributed by atoms with Gasteiger partial charge in [-0.05, 0) is 59.5 Å². The summed E-state index contributed by atoms with van der Waals surface area (Å²) < 4.78 is 44.6. The van der Waals surface area contributed by atoms with Crippen LogP contribution in [-0.4, -0.2) is 28.1 Å². The van der Waals surface area contributed by atoms with Crippen LogP contribution in [0.1, 0.15) is 52.7 Å². The second kappa shape index (κ2) is 10.6. The van der Waals surface area contributed by atoms with E-state index in [1.807, 2.05) is 0 Å². The van der Waals surface area contributed by atoms with Crippen molar-refractivity contribution < 1.29 is 37.7 Å². The summed E-state index contributed by atoms with van der Waals surface area (Å²) in [6.45, 7) is -0.286. The minimum Gasteiger partial charge on any atom is -0.487 e. The van der Waals surface area contributed by atoms with E-state index >= 15 is 0 Å². The predicted molar refractivity (Wildman–Crippen MR) is 126 cm³/mol. The average Bonchev–Trinajstić information content (AvgIpc) is 3.39. The molecule has 0 radical (unpaired) electrons. The summed E-state index contributed by atoms with van der Waals surface area (Å²) >= 11 is 0. The van der Waals surface area contributed by atoms with Gasteiger partial charge in [0.15, 0.2) is 0 Å². The summed E-state index contributed by atoms with van der Waals surface area (Å²) in [5, 5.41) is 23.1. The number of ether oxygens (including phenoxy) is 1. The van der Waals surface area contributed by atoms with E-state index in [2.05, 4.69) is 5.32 Å². The number of carbonyl (C=O) groups is 2. The molecule has 1 atom stereocenters. The molecule has 4 rings (SSSR count). The van der Waals surface area contributed by atoms with E-state index in [1.165, 1.54) is 18.2 Å². The molecule has 1 aliphatic rings. The van der Waals surface area contributed by atoms with E-state index in [-0.39, 0.29) is 30.4 Å². The van der Waals surface area contributed by atoms with Crippen molar-refractivity contribution in [1.29, 1.82) is 0 Å². The second-order valence-electron chi connectivity index (χ2n) is 8.97. The SMILES string of the molecule is O=C(N[C@H](C(=O)O)C1CCCC1)c1ccc2cc(CO)ccc2c1OCc1ccc(C(F)(F)F)cc1. The number of halogens is 3. The van der Waals surface area contributed by atoms with Crippen molar-refractivity contribution in [2.24, 2.45) is 5.92 Å². The largest absolute Gasteiger partial charge is 0.487 e. The van der Waals surface area contributed by atoms with E-state index in [1.54, 1.807) is 24.3 Å². The summed E-state index contributed by atoms with van der Waals surface area (Å²) in [5.74, 6) is -1.68. The highest BCUT2D eigenvalue weighted by Gasteiger charge is 2.33. The van der Waals surface area contributed by atoms with Gasteiger partial charge in [-0.1, -0.05) is 43.2 Å². The van der Waals surface area contributed by atoms with E-state index in [9.17, 15) is 33.0 Å². The van der Waals surface area contributed by atoms with Crippen LogP contribution >= 0.6 is 0 Å². The van der Waals surface area contributed by atoms with Gasteiger partial charge in [-0.15, -0.1) is 0 Å². The normalized spacial score (nSPS) is 15.1. The molecule has 0 saturated heterocycles. The molecule has 3 aromatic carbocycles. The Morgan fingerprint density at radius 1 is 1.00 bits per heavy atom. The zero-order valence-electron chi connectivity index (χ0n) is 19.3. The van der Waals surface area contributed by atoms with Gasteiger partial charge in [0.05, 0.1) is 17.7 Å². The first-order valence-electron chi connectivity index (χ1n) is 11.7. The molecule has 1 amide bonds. The molecule has 3 aromatic rings. The third kappa shape index (κ3) is 5.62. The third-order valence-corrected chi connectivity index (χ3v) is 6.55. The fourth-order valence-corrected chi connectivity index (χ4v) is 4.62. The number of nitrogens with one attached hydrogen (secondary N) is 1. The Hall–Kier alpha value is -3.59. The zero-order chi connectivity index (χ0) is 25.9. The Morgan fingerprint density at radius 3 is 2.28 bits per heavy atom. The van der Waals surface area contributed by atoms with Crippen molar-refractivity contribution in [2.45, 2.75) is 51.1 Å². The molecule has 0 aliphatic heterocycles. The van der Waals surface area contributed by atoms with Gasteiger partial charge in [-0.2, -0.15) is 13.2 Å². The molecule has 3 N–H and O–H groups in total. The number of alkyl halides is 3. The Balaban J connectivity index is 1.65. The second-order valence-corrected chi connectivity index (χ2v) is 8.97. The third-order valence-electron chi connectivity index (χ3n) is 6.55. The summed E-state index contributed by atoms with van der Waals surface area (Å²) in [4.78, 5) is 25.1. The van der Waals surface area contributed by atoms with Gasteiger partial charge in [-0.3, -0.25) is 4.79 Å². The number of aliphatic hydroxyl groups excluding tert-OH is 1. The molecule has 1 fully saturated rings. The minimum atomic E-state index is -4.45. The molecule has 190 valence electrons. The first-order chi connectivity index (χ1) is 17.2. The van der Waals surface area contributed by atoms with Gasteiger partial charge in [0, 0.05) is 5.39 Å². The summed E-state index contributed by atoms with van der Waals surface area (Å²) in [6, 6.07) is 11.8. The number of carbonyl (C=O) groups excluding carboxylic acids is 1. The van der Waals surface area contributed by atoms with E-state index in [4.69, 9.17) is 4.74 Å². The van der Waals surface area contributed by atoms with Crippen molar-refractivity contribution in [2.75, 3.05) is 0 Å². The fourth-order valence-electron chi connectivity index (χ4n) is 4.62. The topological polar surface area (TPSA) is 95.9 Å². The lowest BCUT2D eigenvalue weighted by Crippen LogP contribution is -2.45. The number of rotatable bonds is 8. The molecule has 9 heteroatoms. The van der Waals surface area contributed by atoms with Crippen molar-refractivity contribution in [3.8, 4) is 5.75 Å². The number of carboxylic acid groups (broad SMARTS) is 1. The van der Waals surface area contributed by atoms with E-state index < -0.39 is 29.7 Å². The Labute approximate surface area is 205 Å². The number of aliphatic carboxylic acids is 1. The van der Waals surface area contributed by atoms with Crippen LogP contribution < -0.4 is 10.1 Å². The van der Waals surface area contributed by atoms with Gasteiger partial charge < -0.3 is 20.3 Å². The highest BCUT2D eigenvalue weighted by atomic mass is 19.4. The van der Waals surface area contributed by atoms with Crippen LogP contribution in [0, 0.1) is 5.92 Å². The standard InChI is InChI=1S/C27H26F3NO5/c28-27(29,30)20-9-5-16(6-10-20)15-36-24-21-11-7-17(14-32)13-19(21)8-12-22(24)25(33)31-23(26(34)35)18-3-1-2-4-18/h5-13,18,23,32H,1-4,14-15H2,(H,31,33)(H,34,35)/t23-/m0/s1. The summed E-state index contributed by atoms with van der Waals surface area (Å²) in [5.41, 5.74) is 0.461. The van der Waals surface area contributed by atoms with E-state index in [0.717, 1.165) is 37.8 Å². The molecule has 1 aliphatic carbocycles. The summed E-state index contributed by atoms with van der Waals surface area (Å²) in [7, 11) is 0. The van der Waals surface area contributed by atoms with Crippen LogP contribution in [0.4, 0.5) is 13.2 Å². The first kappa shape index (κ1) is 25.5. The molecule has 36 heavy (non-hydrogen) atoms. The molecule has 0 aromatic heterocycles. The maximum absolute atomic E-state index is 13.3. The lowest BCUT2D eigenvalue weighted by molar-refractivity contribution is -0.140. The summed E-state index contributed by atoms with van der Waals surface area (Å²) in [6.07, 6.45) is -1.19. The number of fused-ring (bicyclic) bond motifs is 1. The molecular weight excluding hydrogens is 475 g/mol. The van der Waals surface area contributed by atoms with Crippen LogP contribution in [0.25, 0.3) is 10.8 Å². The van der Waals surface area contributed by atoms with Crippen LogP contribution in [0.15, 0.2) is 54.6 Å². The molecule has 6 nitrogen and oxygen atoms in total. The number of amides is 1. The molecule has 0 heterocycles. The first-order valence-corrected chi connectivity index (χ1v) is 11.7. The van der Waals surface area contributed by atoms with Gasteiger partial charge in [0.2, 0.25) is 0 Å². The van der Waals surface area contributed by atoms with Crippen LogP contribution in [0.2, 0.25) is 0 Å². The zero-order valence-corrected chi connectivity index (χ0v) is 19.3. The van der Waals surface area contributed by atoms with Crippen LogP contribution in [0.3, 0.4) is 0 Å². The quantitative estimate of drug-likeness (QED) is 0.389. The Kier molecular flexibility index (Phi) is 7.49. The average molecular weight is 502 g/mol. The highest BCUT2D eigenvalue weighted by Crippen LogP contribution is 2.34. The molecule has 0 unspecified atom stereocenters. The molecule has 0 bridgehead atoms. The number of carboxylic acids is 1. The number of hydrogen-bond acceptors (Lipinski definition) is 4.